The highest BCUT2D eigenvalue weighted by Gasteiger charge is 2.27. The number of benzene rings is 1. The molecule has 0 aliphatic heterocycles. The number of rotatable bonds is 0. The Morgan fingerprint density at radius 3 is 2.93 bits per heavy atom. The first kappa shape index (κ1) is 8.21. The summed E-state index contributed by atoms with van der Waals surface area (Å²) in [5.41, 5.74) is 11.5. The highest BCUT2D eigenvalue weighted by atomic mass is 32.1. The maximum Gasteiger partial charge on any atom is 0.0572 e. The van der Waals surface area contributed by atoms with Gasteiger partial charge < -0.3 is 5.73 Å². The number of hydrogen-bond acceptors (Lipinski definition) is 2. The molecule has 0 spiro atoms. The van der Waals surface area contributed by atoms with Crippen molar-refractivity contribution in [2.75, 3.05) is 0 Å². The van der Waals surface area contributed by atoms with Gasteiger partial charge in [-0.2, -0.15) is 0 Å². The van der Waals surface area contributed by atoms with Gasteiger partial charge in [0, 0.05) is 10.4 Å². The van der Waals surface area contributed by atoms with Crippen LogP contribution in [0.4, 0.5) is 0 Å². The van der Waals surface area contributed by atoms with Gasteiger partial charge in [0.05, 0.1) is 6.04 Å². The summed E-state index contributed by atoms with van der Waals surface area (Å²) in [5, 5.41) is 2.12. The zero-order valence-electron chi connectivity index (χ0n) is 7.95. The average molecular weight is 201 g/mol. The molecule has 1 atom stereocenters. The number of hydrogen-bond donors (Lipinski definition) is 1. The third kappa shape index (κ3) is 0.873. The van der Waals surface area contributed by atoms with Crippen molar-refractivity contribution < 1.29 is 0 Å². The molecule has 1 aliphatic carbocycles. The third-order valence-corrected chi connectivity index (χ3v) is 3.85. The molecule has 70 valence electrons. The summed E-state index contributed by atoms with van der Waals surface area (Å²) in [6, 6.07) is 8.61. The van der Waals surface area contributed by atoms with Crippen molar-refractivity contribution in [3.8, 4) is 10.4 Å². The molecule has 2 aromatic rings. The molecule has 14 heavy (non-hydrogen) atoms. The molecule has 1 aromatic heterocycles. The Hall–Kier alpha value is -1.12. The molecule has 0 amide bonds. The normalized spacial score (nSPS) is 18.0. The van der Waals surface area contributed by atoms with Crippen LogP contribution in [-0.4, -0.2) is 0 Å². The molecule has 0 saturated heterocycles. The lowest BCUT2D eigenvalue weighted by atomic mass is 10.0. The molecule has 0 bridgehead atoms. The Balaban J connectivity index is 2.40. The van der Waals surface area contributed by atoms with Gasteiger partial charge in [0.15, 0.2) is 0 Å². The van der Waals surface area contributed by atoms with E-state index < -0.39 is 0 Å². The second kappa shape index (κ2) is 2.69. The van der Waals surface area contributed by atoms with E-state index in [1.54, 1.807) is 11.3 Å². The van der Waals surface area contributed by atoms with Crippen LogP contribution in [0.3, 0.4) is 0 Å². The molecular weight excluding hydrogens is 190 g/mol. The highest BCUT2D eigenvalue weighted by molar-refractivity contribution is 7.14. The van der Waals surface area contributed by atoms with E-state index in [9.17, 15) is 0 Å². The summed E-state index contributed by atoms with van der Waals surface area (Å²) >= 11 is 1.79. The van der Waals surface area contributed by atoms with E-state index >= 15 is 0 Å². The summed E-state index contributed by atoms with van der Waals surface area (Å²) < 4.78 is 0. The van der Waals surface area contributed by atoms with Crippen LogP contribution in [-0.2, 0) is 0 Å². The largest absolute Gasteiger partial charge is 0.320 e. The summed E-state index contributed by atoms with van der Waals surface area (Å²) in [6.45, 7) is 2.15. The van der Waals surface area contributed by atoms with Gasteiger partial charge in [0.1, 0.15) is 0 Å². The van der Waals surface area contributed by atoms with E-state index in [0.717, 1.165) is 0 Å². The van der Waals surface area contributed by atoms with Crippen molar-refractivity contribution in [3.05, 3.63) is 46.3 Å². The van der Waals surface area contributed by atoms with Gasteiger partial charge in [-0.1, -0.05) is 18.2 Å². The fourth-order valence-corrected chi connectivity index (χ4v) is 3.27. The predicted octanol–water partition coefficient (Wildman–Crippen LogP) is 3.09. The van der Waals surface area contributed by atoms with E-state index in [-0.39, 0.29) is 6.04 Å². The van der Waals surface area contributed by atoms with Crippen LogP contribution in [0.5, 0.6) is 0 Å². The van der Waals surface area contributed by atoms with Crippen LogP contribution in [0.1, 0.15) is 22.7 Å². The Morgan fingerprint density at radius 1 is 1.21 bits per heavy atom. The van der Waals surface area contributed by atoms with Crippen LogP contribution in [0.2, 0.25) is 0 Å². The van der Waals surface area contributed by atoms with Gasteiger partial charge in [-0.3, -0.25) is 0 Å². The quantitative estimate of drug-likeness (QED) is 0.696. The number of aryl methyl sites for hydroxylation is 1. The van der Waals surface area contributed by atoms with Gasteiger partial charge in [-0.25, -0.2) is 0 Å². The number of nitrogens with two attached hydrogens (primary N) is 1. The van der Waals surface area contributed by atoms with Gasteiger partial charge in [-0.05, 0) is 35.1 Å². The summed E-state index contributed by atoms with van der Waals surface area (Å²) in [4.78, 5) is 1.37. The second-order valence-electron chi connectivity index (χ2n) is 3.72. The van der Waals surface area contributed by atoms with Crippen molar-refractivity contribution >= 4 is 11.3 Å². The molecule has 1 nitrogen and oxygen atoms in total. The standard InChI is InChI=1S/C12H11NS/c1-7-3-2-4-8-10(7)12-9(11(8)13)5-6-14-12/h2-6,11H,13H2,1H3. The molecule has 1 unspecified atom stereocenters. The zero-order valence-corrected chi connectivity index (χ0v) is 8.77. The predicted molar refractivity (Wildman–Crippen MR) is 60.5 cm³/mol. The van der Waals surface area contributed by atoms with E-state index in [1.807, 2.05) is 0 Å². The van der Waals surface area contributed by atoms with E-state index in [0.29, 0.717) is 0 Å². The molecule has 1 aromatic carbocycles. The second-order valence-corrected chi connectivity index (χ2v) is 4.64. The van der Waals surface area contributed by atoms with Crippen molar-refractivity contribution in [2.45, 2.75) is 13.0 Å². The van der Waals surface area contributed by atoms with Crippen molar-refractivity contribution in [3.63, 3.8) is 0 Å². The number of fused-ring (bicyclic) bond motifs is 3. The van der Waals surface area contributed by atoms with Crippen LogP contribution < -0.4 is 5.73 Å². The molecule has 1 heterocycles. The van der Waals surface area contributed by atoms with E-state index in [1.165, 1.54) is 27.1 Å². The van der Waals surface area contributed by atoms with Crippen molar-refractivity contribution in [1.82, 2.24) is 0 Å². The first-order valence-corrected chi connectivity index (χ1v) is 5.60. The van der Waals surface area contributed by atoms with Crippen LogP contribution in [0.15, 0.2) is 29.6 Å². The maximum atomic E-state index is 6.18. The minimum atomic E-state index is 0.0890. The fraction of sp³-hybridized carbons (Fsp3) is 0.167. The molecule has 3 rings (SSSR count). The van der Waals surface area contributed by atoms with Crippen molar-refractivity contribution in [2.24, 2.45) is 5.73 Å². The Kier molecular flexibility index (Phi) is 1.58. The monoisotopic (exact) mass is 201 g/mol. The first-order chi connectivity index (χ1) is 6.79. The molecule has 2 heteroatoms. The Morgan fingerprint density at radius 2 is 2.07 bits per heavy atom. The van der Waals surface area contributed by atoms with Gasteiger partial charge in [-0.15, -0.1) is 11.3 Å². The summed E-state index contributed by atoms with van der Waals surface area (Å²) in [5.74, 6) is 0. The molecule has 0 radical (unpaired) electrons. The molecule has 0 saturated carbocycles. The van der Waals surface area contributed by atoms with Crippen molar-refractivity contribution in [1.29, 1.82) is 0 Å². The lowest BCUT2D eigenvalue weighted by molar-refractivity contribution is 0.903. The van der Waals surface area contributed by atoms with Gasteiger partial charge >= 0.3 is 0 Å². The Bertz CT molecular complexity index is 499. The molecule has 1 aliphatic rings. The average Bonchev–Trinajstić information content (AvgIpc) is 2.72. The van der Waals surface area contributed by atoms with Gasteiger partial charge in [0.2, 0.25) is 0 Å². The molecule has 2 N–H and O–H groups in total. The minimum Gasteiger partial charge on any atom is -0.320 e. The fourth-order valence-electron chi connectivity index (χ4n) is 2.19. The third-order valence-electron chi connectivity index (χ3n) is 2.90. The molecule has 0 fully saturated rings. The SMILES string of the molecule is Cc1cccc2c1-c1sccc1C2N. The zero-order chi connectivity index (χ0) is 9.71. The lowest BCUT2D eigenvalue weighted by Gasteiger charge is -2.06. The van der Waals surface area contributed by atoms with E-state index in [4.69, 9.17) is 5.73 Å². The Labute approximate surface area is 87.2 Å². The lowest BCUT2D eigenvalue weighted by Crippen LogP contribution is -2.07. The van der Waals surface area contributed by atoms with Crippen LogP contribution >= 0.6 is 11.3 Å². The summed E-state index contributed by atoms with van der Waals surface area (Å²) in [7, 11) is 0. The maximum absolute atomic E-state index is 6.18. The van der Waals surface area contributed by atoms with Crippen LogP contribution in [0.25, 0.3) is 10.4 Å². The van der Waals surface area contributed by atoms with E-state index in [2.05, 4.69) is 36.6 Å². The highest BCUT2D eigenvalue weighted by Crippen LogP contribution is 2.46. The summed E-state index contributed by atoms with van der Waals surface area (Å²) in [6.07, 6.45) is 0. The number of thiophene rings is 1. The topological polar surface area (TPSA) is 26.0 Å². The van der Waals surface area contributed by atoms with Crippen LogP contribution in [0, 0.1) is 6.92 Å². The minimum absolute atomic E-state index is 0.0890. The molecular formula is C12H11NS. The van der Waals surface area contributed by atoms with Gasteiger partial charge in [0.25, 0.3) is 0 Å². The first-order valence-electron chi connectivity index (χ1n) is 4.72. The smallest absolute Gasteiger partial charge is 0.0572 e.